The van der Waals surface area contributed by atoms with E-state index in [1.54, 1.807) is 66.7 Å². The van der Waals surface area contributed by atoms with E-state index in [-0.39, 0.29) is 17.2 Å². The molecule has 9 nitrogen and oxygen atoms in total. The molecule has 1 heterocycles. The molecule has 0 bridgehead atoms. The summed E-state index contributed by atoms with van der Waals surface area (Å²) in [5.41, 5.74) is 1.75. The average molecular weight is 503 g/mol. The van der Waals surface area contributed by atoms with Crippen LogP contribution in [0.25, 0.3) is 5.76 Å². The van der Waals surface area contributed by atoms with Crippen molar-refractivity contribution in [1.82, 2.24) is 0 Å². The van der Waals surface area contributed by atoms with Crippen LogP contribution in [0.2, 0.25) is 0 Å². The Morgan fingerprint density at radius 1 is 0.865 bits per heavy atom. The van der Waals surface area contributed by atoms with Crippen molar-refractivity contribution >= 4 is 34.7 Å². The number of hydrogen-bond acceptors (Lipinski definition) is 7. The van der Waals surface area contributed by atoms with Crippen LogP contribution in [0.15, 0.2) is 72.3 Å². The number of nitrogens with zero attached hydrogens (tertiary/aromatic N) is 1. The van der Waals surface area contributed by atoms with Gasteiger partial charge < -0.3 is 24.6 Å². The van der Waals surface area contributed by atoms with Gasteiger partial charge in [-0.25, -0.2) is 0 Å². The Hall–Kier alpha value is -4.79. The van der Waals surface area contributed by atoms with Crippen molar-refractivity contribution in [2.24, 2.45) is 0 Å². The van der Waals surface area contributed by atoms with Crippen LogP contribution < -0.4 is 24.4 Å². The number of aliphatic hydroxyl groups excluding tert-OH is 1. The molecular weight excluding hydrogens is 476 g/mol. The Balaban J connectivity index is 1.90. The number of Topliss-reactive ketones (excluding diaryl/α,β-unsaturated/α-hetero) is 1. The summed E-state index contributed by atoms with van der Waals surface area (Å²) in [6.45, 7) is 1.39. The molecule has 2 N–H and O–H groups in total. The monoisotopic (exact) mass is 502 g/mol. The number of amides is 2. The fraction of sp³-hybridized carbons (Fsp3) is 0.179. The van der Waals surface area contributed by atoms with E-state index in [1.165, 1.54) is 33.2 Å². The molecule has 0 aliphatic carbocycles. The molecule has 1 aliphatic rings. The Bertz CT molecular complexity index is 1380. The van der Waals surface area contributed by atoms with E-state index in [9.17, 15) is 19.5 Å². The first-order chi connectivity index (χ1) is 17.8. The van der Waals surface area contributed by atoms with Gasteiger partial charge >= 0.3 is 0 Å². The summed E-state index contributed by atoms with van der Waals surface area (Å²) in [6.07, 6.45) is 0. The summed E-state index contributed by atoms with van der Waals surface area (Å²) < 4.78 is 16.0. The van der Waals surface area contributed by atoms with E-state index in [1.807, 2.05) is 0 Å². The molecule has 3 aromatic rings. The van der Waals surface area contributed by atoms with Gasteiger partial charge in [-0.15, -0.1) is 0 Å². The van der Waals surface area contributed by atoms with E-state index < -0.39 is 17.7 Å². The number of carbonyl (C=O) groups is 3. The van der Waals surface area contributed by atoms with Crippen LogP contribution in [0.3, 0.4) is 0 Å². The minimum absolute atomic E-state index is 0.0756. The number of anilines is 2. The van der Waals surface area contributed by atoms with Gasteiger partial charge in [-0.3, -0.25) is 19.3 Å². The Morgan fingerprint density at radius 3 is 2.08 bits per heavy atom. The highest BCUT2D eigenvalue weighted by Crippen LogP contribution is 2.44. The van der Waals surface area contributed by atoms with Gasteiger partial charge in [-0.1, -0.05) is 6.07 Å². The summed E-state index contributed by atoms with van der Waals surface area (Å²) in [4.78, 5) is 39.4. The highest BCUT2D eigenvalue weighted by Gasteiger charge is 2.47. The normalized spacial score (nSPS) is 16.4. The smallest absolute Gasteiger partial charge is 0.300 e. The Morgan fingerprint density at radius 2 is 1.51 bits per heavy atom. The maximum absolute atomic E-state index is 13.4. The lowest BCUT2D eigenvalue weighted by Crippen LogP contribution is -2.29. The maximum Gasteiger partial charge on any atom is 0.300 e. The number of carbonyl (C=O) groups excluding carboxylic acids is 3. The Labute approximate surface area is 213 Å². The van der Waals surface area contributed by atoms with Crippen LogP contribution in [-0.4, -0.2) is 44.0 Å². The number of benzene rings is 3. The molecule has 0 radical (unpaired) electrons. The molecule has 4 rings (SSSR count). The van der Waals surface area contributed by atoms with Crippen LogP contribution in [0, 0.1) is 0 Å². The van der Waals surface area contributed by atoms with Crippen LogP contribution in [0.1, 0.15) is 24.1 Å². The van der Waals surface area contributed by atoms with Gasteiger partial charge in [0.1, 0.15) is 11.5 Å². The fourth-order valence-electron chi connectivity index (χ4n) is 4.25. The van der Waals surface area contributed by atoms with Crippen molar-refractivity contribution in [2.75, 3.05) is 31.5 Å². The minimum atomic E-state index is -0.964. The first-order valence-electron chi connectivity index (χ1n) is 11.3. The highest BCUT2D eigenvalue weighted by molar-refractivity contribution is 6.51. The second-order valence-corrected chi connectivity index (χ2v) is 8.24. The summed E-state index contributed by atoms with van der Waals surface area (Å²) in [6, 6.07) is 17.1. The molecule has 1 saturated heterocycles. The lowest BCUT2D eigenvalue weighted by atomic mass is 9.94. The molecule has 0 aromatic heterocycles. The van der Waals surface area contributed by atoms with Crippen LogP contribution in [0.4, 0.5) is 11.4 Å². The number of rotatable bonds is 7. The second kappa shape index (κ2) is 10.4. The predicted octanol–water partition coefficient (Wildman–Crippen LogP) is 4.30. The molecule has 3 aromatic carbocycles. The first-order valence-corrected chi connectivity index (χ1v) is 11.3. The molecular formula is C28H26N2O7. The van der Waals surface area contributed by atoms with E-state index in [4.69, 9.17) is 14.2 Å². The maximum atomic E-state index is 13.4. The topological polar surface area (TPSA) is 114 Å². The number of aliphatic hydroxyl groups is 1. The molecule has 1 aliphatic heterocycles. The predicted molar refractivity (Wildman–Crippen MR) is 138 cm³/mol. The number of ether oxygens (including phenoxy) is 3. The average Bonchev–Trinajstić information content (AvgIpc) is 3.18. The van der Waals surface area contributed by atoms with Crippen molar-refractivity contribution in [3.8, 4) is 17.2 Å². The van der Waals surface area contributed by atoms with Gasteiger partial charge in [-0.2, -0.15) is 0 Å². The van der Waals surface area contributed by atoms with E-state index in [2.05, 4.69) is 5.32 Å². The molecule has 37 heavy (non-hydrogen) atoms. The zero-order chi connectivity index (χ0) is 26.7. The summed E-state index contributed by atoms with van der Waals surface area (Å²) >= 11 is 0. The zero-order valence-corrected chi connectivity index (χ0v) is 20.8. The summed E-state index contributed by atoms with van der Waals surface area (Å²) in [7, 11) is 4.51. The second-order valence-electron chi connectivity index (χ2n) is 8.24. The van der Waals surface area contributed by atoms with Gasteiger partial charge in [0.15, 0.2) is 11.5 Å². The molecule has 2 amide bonds. The van der Waals surface area contributed by atoms with Crippen molar-refractivity contribution in [3.63, 3.8) is 0 Å². The van der Waals surface area contributed by atoms with Gasteiger partial charge in [0.05, 0.1) is 32.9 Å². The fourth-order valence-corrected chi connectivity index (χ4v) is 4.25. The minimum Gasteiger partial charge on any atom is -0.507 e. The van der Waals surface area contributed by atoms with Gasteiger partial charge in [-0.05, 0) is 66.2 Å². The highest BCUT2D eigenvalue weighted by atomic mass is 16.5. The quantitative estimate of drug-likeness (QED) is 0.281. The molecule has 190 valence electrons. The molecule has 0 spiro atoms. The molecule has 0 saturated carbocycles. The number of ketones is 1. The lowest BCUT2D eigenvalue weighted by Gasteiger charge is -2.26. The zero-order valence-electron chi connectivity index (χ0n) is 20.8. The van der Waals surface area contributed by atoms with Gasteiger partial charge in [0, 0.05) is 23.9 Å². The third-order valence-corrected chi connectivity index (χ3v) is 6.00. The SMILES string of the molecule is COc1ccc(/C(O)=C2\C(=O)C(=O)N(c3ccc(NC(C)=O)cc3)[C@H]2c2ccc(OC)c(OC)c2)cc1. The van der Waals surface area contributed by atoms with Crippen LogP contribution >= 0.6 is 0 Å². The van der Waals surface area contributed by atoms with Crippen LogP contribution in [0.5, 0.6) is 17.2 Å². The van der Waals surface area contributed by atoms with Crippen molar-refractivity contribution in [3.05, 3.63) is 83.4 Å². The molecule has 1 atom stereocenters. The Kier molecular flexibility index (Phi) is 7.15. The number of methoxy groups -OCH3 is 3. The van der Waals surface area contributed by atoms with E-state index >= 15 is 0 Å². The van der Waals surface area contributed by atoms with Crippen molar-refractivity contribution < 1.29 is 33.7 Å². The summed E-state index contributed by atoms with van der Waals surface area (Å²) in [5.74, 6) is -0.751. The lowest BCUT2D eigenvalue weighted by molar-refractivity contribution is -0.132. The molecule has 9 heteroatoms. The van der Waals surface area contributed by atoms with E-state index in [0.29, 0.717) is 39.8 Å². The van der Waals surface area contributed by atoms with Crippen LogP contribution in [-0.2, 0) is 14.4 Å². The van der Waals surface area contributed by atoms with E-state index in [0.717, 1.165) is 0 Å². The van der Waals surface area contributed by atoms with Gasteiger partial charge in [0.2, 0.25) is 5.91 Å². The third-order valence-electron chi connectivity index (χ3n) is 6.00. The molecule has 1 fully saturated rings. The largest absolute Gasteiger partial charge is 0.507 e. The third kappa shape index (κ3) is 4.84. The number of hydrogen-bond donors (Lipinski definition) is 2. The van der Waals surface area contributed by atoms with Crippen molar-refractivity contribution in [2.45, 2.75) is 13.0 Å². The number of nitrogens with one attached hydrogen (secondary N) is 1. The first kappa shape index (κ1) is 25.3. The van der Waals surface area contributed by atoms with Gasteiger partial charge in [0.25, 0.3) is 11.7 Å². The standard InChI is InChI=1S/C28H26N2O7/c1-16(31)29-19-8-10-20(11-9-19)30-25(18-7-14-22(36-3)23(15-18)37-4)24(27(33)28(30)34)26(32)17-5-12-21(35-2)13-6-17/h5-15,25,32H,1-4H3,(H,29,31)/b26-24+/t25-/m0/s1. The molecule has 0 unspecified atom stereocenters. The van der Waals surface area contributed by atoms with Crippen molar-refractivity contribution in [1.29, 1.82) is 0 Å². The summed E-state index contributed by atoms with van der Waals surface area (Å²) in [5, 5.41) is 13.9.